The maximum atomic E-state index is 11.7. The summed E-state index contributed by atoms with van der Waals surface area (Å²) in [5.41, 5.74) is 0.521. The number of rotatable bonds is 5. The number of aliphatic hydroxyl groups excluding tert-OH is 1. The fourth-order valence-electron chi connectivity index (χ4n) is 1.28. The van der Waals surface area contributed by atoms with Gasteiger partial charge in [-0.2, -0.15) is 0 Å². The third-order valence-electron chi connectivity index (χ3n) is 2.48. The molecule has 0 saturated heterocycles. The highest BCUT2D eigenvalue weighted by molar-refractivity contribution is 9.10. The molecule has 1 rings (SSSR count). The van der Waals surface area contributed by atoms with Crippen molar-refractivity contribution >= 4 is 21.8 Å². The summed E-state index contributed by atoms with van der Waals surface area (Å²) in [6.45, 7) is 4.37. The first-order chi connectivity index (χ1) is 8.00. The number of pyridine rings is 1. The molecule has 1 aromatic rings. The predicted octanol–water partition coefficient (Wildman–Crippen LogP) is 1.98. The van der Waals surface area contributed by atoms with Gasteiger partial charge in [-0.15, -0.1) is 0 Å². The molecule has 1 unspecified atom stereocenters. The molecule has 0 aliphatic rings. The maximum Gasteiger partial charge on any atom is 0.252 e. The van der Waals surface area contributed by atoms with Crippen LogP contribution in [0.15, 0.2) is 22.9 Å². The van der Waals surface area contributed by atoms with E-state index in [1.54, 1.807) is 12.1 Å². The molecular weight excluding hydrogens is 284 g/mol. The second kappa shape index (κ2) is 6.71. The molecule has 2 N–H and O–H groups in total. The molecule has 0 radical (unpaired) electrons. The lowest BCUT2D eigenvalue weighted by atomic mass is 10.0. The zero-order chi connectivity index (χ0) is 12.8. The first kappa shape index (κ1) is 14.1. The van der Waals surface area contributed by atoms with Crippen molar-refractivity contribution in [1.82, 2.24) is 10.3 Å². The zero-order valence-electron chi connectivity index (χ0n) is 9.98. The van der Waals surface area contributed by atoms with Crippen molar-refractivity contribution in [3.8, 4) is 0 Å². The Morgan fingerprint density at radius 1 is 1.53 bits per heavy atom. The van der Waals surface area contributed by atoms with Gasteiger partial charge in [0, 0.05) is 12.7 Å². The van der Waals surface area contributed by atoms with Gasteiger partial charge in [0.2, 0.25) is 0 Å². The summed E-state index contributed by atoms with van der Waals surface area (Å²) in [4.78, 5) is 15.6. The van der Waals surface area contributed by atoms with Crippen LogP contribution in [0, 0.1) is 5.92 Å². The molecule has 94 valence electrons. The lowest BCUT2D eigenvalue weighted by Gasteiger charge is -2.14. The van der Waals surface area contributed by atoms with E-state index in [0.29, 0.717) is 23.1 Å². The molecule has 1 atom stereocenters. The Bertz CT molecular complexity index is 365. The van der Waals surface area contributed by atoms with Crippen molar-refractivity contribution in [2.45, 2.75) is 26.4 Å². The summed E-state index contributed by atoms with van der Waals surface area (Å²) in [6, 6.07) is 3.42. The number of aromatic nitrogens is 1. The summed E-state index contributed by atoms with van der Waals surface area (Å²) in [5.74, 6) is 0.0437. The van der Waals surface area contributed by atoms with Crippen molar-refractivity contribution in [2.24, 2.45) is 5.92 Å². The topological polar surface area (TPSA) is 62.2 Å². The normalized spacial score (nSPS) is 12.5. The summed E-state index contributed by atoms with van der Waals surface area (Å²) in [6.07, 6.45) is 1.70. The van der Waals surface area contributed by atoms with Gasteiger partial charge in [0.25, 0.3) is 5.91 Å². The van der Waals surface area contributed by atoms with Crippen LogP contribution in [0.1, 0.15) is 30.6 Å². The van der Waals surface area contributed by atoms with Crippen LogP contribution in [-0.2, 0) is 0 Å². The number of halogens is 1. The SMILES string of the molecule is CC(C)C(O)CCNC(=O)c1ccc(Br)nc1. The van der Waals surface area contributed by atoms with Gasteiger partial charge in [-0.05, 0) is 40.4 Å². The predicted molar refractivity (Wildman–Crippen MR) is 69.7 cm³/mol. The summed E-state index contributed by atoms with van der Waals surface area (Å²) in [7, 11) is 0. The summed E-state index contributed by atoms with van der Waals surface area (Å²) >= 11 is 3.21. The average molecular weight is 301 g/mol. The van der Waals surface area contributed by atoms with E-state index in [1.807, 2.05) is 13.8 Å². The molecule has 1 heterocycles. The van der Waals surface area contributed by atoms with E-state index in [-0.39, 0.29) is 17.9 Å². The van der Waals surface area contributed by atoms with E-state index in [1.165, 1.54) is 6.20 Å². The van der Waals surface area contributed by atoms with Gasteiger partial charge in [-0.1, -0.05) is 13.8 Å². The largest absolute Gasteiger partial charge is 0.393 e. The van der Waals surface area contributed by atoms with E-state index in [0.717, 1.165) is 0 Å². The molecule has 1 aromatic heterocycles. The molecule has 0 fully saturated rings. The number of carbonyl (C=O) groups is 1. The Morgan fingerprint density at radius 2 is 2.24 bits per heavy atom. The Balaban J connectivity index is 2.37. The highest BCUT2D eigenvalue weighted by Crippen LogP contribution is 2.07. The third-order valence-corrected chi connectivity index (χ3v) is 2.95. The maximum absolute atomic E-state index is 11.7. The van der Waals surface area contributed by atoms with Crippen LogP contribution in [0.3, 0.4) is 0 Å². The van der Waals surface area contributed by atoms with Crippen LogP contribution >= 0.6 is 15.9 Å². The van der Waals surface area contributed by atoms with E-state index >= 15 is 0 Å². The Labute approximate surface area is 110 Å². The van der Waals surface area contributed by atoms with Crippen molar-refractivity contribution in [3.63, 3.8) is 0 Å². The summed E-state index contributed by atoms with van der Waals surface area (Å²) < 4.78 is 0.698. The number of carbonyl (C=O) groups excluding carboxylic acids is 1. The molecule has 5 heteroatoms. The first-order valence-electron chi connectivity index (χ1n) is 5.58. The number of hydrogen-bond acceptors (Lipinski definition) is 3. The van der Waals surface area contributed by atoms with E-state index in [4.69, 9.17) is 0 Å². The lowest BCUT2D eigenvalue weighted by Crippen LogP contribution is -2.28. The quantitative estimate of drug-likeness (QED) is 0.818. The molecule has 0 spiro atoms. The minimum absolute atomic E-state index is 0.166. The van der Waals surface area contributed by atoms with Crippen LogP contribution in [0.5, 0.6) is 0 Å². The first-order valence-corrected chi connectivity index (χ1v) is 6.38. The van der Waals surface area contributed by atoms with E-state index in [2.05, 4.69) is 26.2 Å². The van der Waals surface area contributed by atoms with Crippen molar-refractivity contribution in [3.05, 3.63) is 28.5 Å². The number of nitrogens with one attached hydrogen (secondary N) is 1. The fraction of sp³-hybridized carbons (Fsp3) is 0.500. The molecule has 0 aliphatic heterocycles. The summed E-state index contributed by atoms with van der Waals surface area (Å²) in [5, 5.41) is 12.3. The monoisotopic (exact) mass is 300 g/mol. The number of amides is 1. The van der Waals surface area contributed by atoms with Crippen LogP contribution in [0.4, 0.5) is 0 Å². The van der Waals surface area contributed by atoms with Crippen molar-refractivity contribution in [2.75, 3.05) is 6.54 Å². The van der Waals surface area contributed by atoms with Crippen LogP contribution < -0.4 is 5.32 Å². The molecule has 17 heavy (non-hydrogen) atoms. The van der Waals surface area contributed by atoms with E-state index < -0.39 is 0 Å². The zero-order valence-corrected chi connectivity index (χ0v) is 11.6. The van der Waals surface area contributed by atoms with Crippen LogP contribution in [0.25, 0.3) is 0 Å². The number of hydrogen-bond donors (Lipinski definition) is 2. The molecule has 0 aliphatic carbocycles. The van der Waals surface area contributed by atoms with Crippen molar-refractivity contribution in [1.29, 1.82) is 0 Å². The highest BCUT2D eigenvalue weighted by Gasteiger charge is 2.10. The Kier molecular flexibility index (Phi) is 5.58. The van der Waals surface area contributed by atoms with Gasteiger partial charge in [-0.3, -0.25) is 4.79 Å². The minimum atomic E-state index is -0.377. The fourth-order valence-corrected chi connectivity index (χ4v) is 1.51. The van der Waals surface area contributed by atoms with Crippen molar-refractivity contribution < 1.29 is 9.90 Å². The van der Waals surface area contributed by atoms with Crippen LogP contribution in [0.2, 0.25) is 0 Å². The third kappa shape index (κ3) is 4.83. The Morgan fingerprint density at radius 3 is 2.76 bits per heavy atom. The van der Waals surface area contributed by atoms with Crippen LogP contribution in [-0.4, -0.2) is 28.6 Å². The van der Waals surface area contributed by atoms with Gasteiger partial charge in [-0.25, -0.2) is 4.98 Å². The lowest BCUT2D eigenvalue weighted by molar-refractivity contribution is 0.0920. The molecule has 0 bridgehead atoms. The standard InChI is InChI=1S/C12H17BrN2O2/c1-8(2)10(16)5-6-14-12(17)9-3-4-11(13)15-7-9/h3-4,7-8,10,16H,5-6H2,1-2H3,(H,14,17). The van der Waals surface area contributed by atoms with Gasteiger partial charge in [0.1, 0.15) is 4.60 Å². The second-order valence-corrected chi connectivity index (χ2v) is 5.04. The number of aliphatic hydroxyl groups is 1. The molecule has 0 aromatic carbocycles. The van der Waals surface area contributed by atoms with Gasteiger partial charge in [0.15, 0.2) is 0 Å². The molecular formula is C12H17BrN2O2. The molecule has 4 nitrogen and oxygen atoms in total. The van der Waals surface area contributed by atoms with Gasteiger partial charge >= 0.3 is 0 Å². The second-order valence-electron chi connectivity index (χ2n) is 4.23. The highest BCUT2D eigenvalue weighted by atomic mass is 79.9. The number of nitrogens with zero attached hydrogens (tertiary/aromatic N) is 1. The average Bonchev–Trinajstić information content (AvgIpc) is 2.29. The molecule has 1 amide bonds. The van der Waals surface area contributed by atoms with Gasteiger partial charge < -0.3 is 10.4 Å². The minimum Gasteiger partial charge on any atom is -0.393 e. The smallest absolute Gasteiger partial charge is 0.252 e. The van der Waals surface area contributed by atoms with Gasteiger partial charge in [0.05, 0.1) is 11.7 Å². The molecule has 0 saturated carbocycles. The Hall–Kier alpha value is -0.940. The van der Waals surface area contributed by atoms with E-state index in [9.17, 15) is 9.90 Å².